The molecule has 0 amide bonds. The third-order valence-electron chi connectivity index (χ3n) is 6.89. The molecule has 0 aromatic carbocycles. The lowest BCUT2D eigenvalue weighted by molar-refractivity contribution is 0.00972. The fraction of sp³-hybridized carbons (Fsp3) is 1.00. The largest absolute Gasteiger partial charge is 0.0774 e. The third kappa shape index (κ3) is 3.56. The molecule has 116 valence electrons. The molecule has 0 aliphatic heterocycles. The molecule has 0 N–H and O–H groups in total. The fourth-order valence-electron chi connectivity index (χ4n) is 5.35. The van der Waals surface area contributed by atoms with Gasteiger partial charge in [-0.25, -0.2) is 0 Å². The Kier molecular flexibility index (Phi) is 5.94. The van der Waals surface area contributed by atoms with Crippen LogP contribution in [0.3, 0.4) is 0 Å². The second kappa shape index (κ2) is 7.14. The third-order valence-corrected chi connectivity index (χ3v) is 6.89. The lowest BCUT2D eigenvalue weighted by atomic mass is 9.40. The van der Waals surface area contributed by atoms with Crippen LogP contribution in [0.5, 0.6) is 0 Å². The molecule has 21 heavy (non-hydrogen) atoms. The van der Waals surface area contributed by atoms with Crippen LogP contribution < -0.4 is 0 Å². The van der Waals surface area contributed by atoms with Crippen molar-refractivity contribution in [3.63, 3.8) is 0 Å². The van der Waals surface area contributed by atoms with Gasteiger partial charge in [0.2, 0.25) is 0 Å². The van der Waals surface area contributed by atoms with Crippen molar-refractivity contribution in [2.24, 2.45) is 17.3 Å². The molecule has 2 rings (SSSR count). The molecule has 2 fully saturated rings. The van der Waals surface area contributed by atoms with Crippen molar-refractivity contribution < 1.29 is 0 Å². The summed E-state index contributed by atoms with van der Waals surface area (Å²) in [6.45, 7) is 7.22. The molecule has 3 unspecified atom stereocenters. The number of rotatable bonds is 5. The highest BCUT2D eigenvalue weighted by Gasteiger charge is 2.53. The first-order chi connectivity index (χ1) is 9.93. The van der Waals surface area contributed by atoms with Crippen molar-refractivity contribution in [1.82, 2.24) is 0 Å². The summed E-state index contributed by atoms with van der Waals surface area (Å²) in [6, 6.07) is 0. The van der Waals surface area contributed by atoms with Gasteiger partial charge in [-0.15, -0.1) is 0 Å². The quantitative estimate of drug-likeness (QED) is 0.437. The zero-order valence-corrected chi connectivity index (χ0v) is 14.7. The van der Waals surface area contributed by atoms with Gasteiger partial charge in [-0.3, -0.25) is 0 Å². The average molecular weight is 284 g/mol. The first kappa shape index (κ1) is 17.5. The van der Waals surface area contributed by atoms with Crippen LogP contribution in [0, 0.1) is 17.3 Å². The molecule has 0 spiro atoms. The molecule has 0 saturated heterocycles. The maximum Gasteiger partial charge on any atom is 0.0753 e. The Morgan fingerprint density at radius 1 is 1.10 bits per heavy atom. The van der Waals surface area contributed by atoms with Gasteiger partial charge in [0.25, 0.3) is 0 Å². The van der Waals surface area contributed by atoms with Crippen molar-refractivity contribution in [2.75, 3.05) is 0 Å². The van der Waals surface area contributed by atoms with Crippen LogP contribution in [-0.2, 0) is 0 Å². The highest BCUT2D eigenvalue weighted by molar-refractivity contribution is 6.16. The molecule has 5 atom stereocenters. The summed E-state index contributed by atoms with van der Waals surface area (Å²) >= 11 is 0. The molecular weight excluding hydrogens is 250 g/mol. The molecule has 2 saturated carbocycles. The number of unbranched alkanes of at least 4 members (excludes halogenated alkanes) is 2. The molecular formula is C19H34B2. The summed E-state index contributed by atoms with van der Waals surface area (Å²) in [5.74, 6) is 1.97. The van der Waals surface area contributed by atoms with E-state index in [0.29, 0.717) is 11.2 Å². The zero-order valence-electron chi connectivity index (χ0n) is 14.7. The lowest BCUT2D eigenvalue weighted by Crippen LogP contribution is -2.46. The van der Waals surface area contributed by atoms with Gasteiger partial charge < -0.3 is 0 Å². The Bertz CT molecular complexity index is 330. The molecule has 2 aliphatic carbocycles. The van der Waals surface area contributed by atoms with Crippen LogP contribution in [0.4, 0.5) is 0 Å². The van der Waals surface area contributed by atoms with E-state index < -0.39 is 0 Å². The second-order valence-electron chi connectivity index (χ2n) is 8.39. The number of hydrogen-bond acceptors (Lipinski definition) is 0. The predicted molar refractivity (Wildman–Crippen MR) is 95.2 cm³/mol. The zero-order chi connectivity index (χ0) is 15.5. The van der Waals surface area contributed by atoms with Gasteiger partial charge in [0.1, 0.15) is 0 Å². The van der Waals surface area contributed by atoms with Crippen LogP contribution in [0.25, 0.3) is 0 Å². The van der Waals surface area contributed by atoms with E-state index in [-0.39, 0.29) is 5.31 Å². The summed E-state index contributed by atoms with van der Waals surface area (Å²) in [5, 5.41) is 0.0548. The highest BCUT2D eigenvalue weighted by atomic mass is 14.6. The average Bonchev–Trinajstić information content (AvgIpc) is 2.58. The van der Waals surface area contributed by atoms with Crippen molar-refractivity contribution in [1.29, 1.82) is 0 Å². The van der Waals surface area contributed by atoms with Crippen LogP contribution in [0.1, 0.15) is 91.4 Å². The van der Waals surface area contributed by atoms with E-state index in [2.05, 4.69) is 20.8 Å². The Morgan fingerprint density at radius 2 is 1.76 bits per heavy atom. The molecule has 2 aliphatic rings. The summed E-state index contributed by atoms with van der Waals surface area (Å²) < 4.78 is 0. The SMILES string of the molecule is [B]C1CC[C@]2([B])CCC(C)C[C@]2(C(C)CCCCC)CC1. The standard InChI is InChI=1S/C19H34B2/c1-4-5-6-7-16(3)18-11-9-17(20)10-13-19(18,21)12-8-15(2)14-18/h15-17H,4-14H2,1-3H3/t15?,16?,17?,18-,19+/m0/s1. The van der Waals surface area contributed by atoms with Crippen LogP contribution in [0.2, 0.25) is 11.1 Å². The first-order valence-corrected chi connectivity index (χ1v) is 9.48. The Hall–Kier alpha value is 0.130. The minimum Gasteiger partial charge on any atom is -0.0774 e. The predicted octanol–water partition coefficient (Wildman–Crippen LogP) is 5.87. The van der Waals surface area contributed by atoms with E-state index in [0.717, 1.165) is 24.7 Å². The van der Waals surface area contributed by atoms with Crippen molar-refractivity contribution in [2.45, 2.75) is 103 Å². The normalized spacial score (nSPS) is 42.0. The molecule has 0 aromatic heterocycles. The number of hydrogen-bond donors (Lipinski definition) is 0. The summed E-state index contributed by atoms with van der Waals surface area (Å²) in [4.78, 5) is 0. The molecule has 0 aromatic rings. The molecule has 4 radical (unpaired) electrons. The van der Waals surface area contributed by atoms with Gasteiger partial charge in [-0.05, 0) is 30.1 Å². The first-order valence-electron chi connectivity index (χ1n) is 9.48. The van der Waals surface area contributed by atoms with E-state index in [4.69, 9.17) is 15.7 Å². The van der Waals surface area contributed by atoms with Crippen LogP contribution in [0.15, 0.2) is 0 Å². The molecule has 0 bridgehead atoms. The van der Waals surface area contributed by atoms with Crippen molar-refractivity contribution >= 4 is 15.7 Å². The Morgan fingerprint density at radius 3 is 2.48 bits per heavy atom. The minimum atomic E-state index is 0.0548. The van der Waals surface area contributed by atoms with E-state index >= 15 is 0 Å². The van der Waals surface area contributed by atoms with E-state index in [1.807, 2.05) is 0 Å². The van der Waals surface area contributed by atoms with E-state index in [1.54, 1.807) is 0 Å². The lowest BCUT2D eigenvalue weighted by Gasteiger charge is -2.58. The molecule has 0 heterocycles. The van der Waals surface area contributed by atoms with Gasteiger partial charge in [0, 0.05) is 0 Å². The minimum absolute atomic E-state index is 0.0548. The summed E-state index contributed by atoms with van der Waals surface area (Å²) in [5.41, 5.74) is 0.354. The van der Waals surface area contributed by atoms with Gasteiger partial charge in [-0.2, -0.15) is 0 Å². The summed E-state index contributed by atoms with van der Waals surface area (Å²) in [6.07, 6.45) is 14.0. The van der Waals surface area contributed by atoms with E-state index in [9.17, 15) is 0 Å². The van der Waals surface area contributed by atoms with Crippen LogP contribution in [-0.4, -0.2) is 15.7 Å². The van der Waals surface area contributed by atoms with Crippen LogP contribution >= 0.6 is 0 Å². The van der Waals surface area contributed by atoms with Gasteiger partial charge in [0.05, 0.1) is 15.7 Å². The summed E-state index contributed by atoms with van der Waals surface area (Å²) in [7, 11) is 13.4. The second-order valence-corrected chi connectivity index (χ2v) is 8.39. The van der Waals surface area contributed by atoms with Gasteiger partial charge in [0.15, 0.2) is 0 Å². The maximum absolute atomic E-state index is 7.07. The Labute approximate surface area is 136 Å². The van der Waals surface area contributed by atoms with Gasteiger partial charge >= 0.3 is 0 Å². The number of fused-ring (bicyclic) bond motifs is 1. The smallest absolute Gasteiger partial charge is 0.0753 e. The monoisotopic (exact) mass is 284 g/mol. The van der Waals surface area contributed by atoms with E-state index in [1.165, 1.54) is 57.8 Å². The topological polar surface area (TPSA) is 0 Å². The molecule has 0 nitrogen and oxygen atoms in total. The highest BCUT2D eigenvalue weighted by Crippen LogP contribution is 2.66. The fourth-order valence-corrected chi connectivity index (χ4v) is 5.35. The van der Waals surface area contributed by atoms with Crippen molar-refractivity contribution in [3.05, 3.63) is 0 Å². The Balaban J connectivity index is 2.21. The maximum atomic E-state index is 7.07. The molecule has 2 heteroatoms. The van der Waals surface area contributed by atoms with Gasteiger partial charge in [-0.1, -0.05) is 89.7 Å². The van der Waals surface area contributed by atoms with Crippen molar-refractivity contribution in [3.8, 4) is 0 Å².